The zero-order valence-corrected chi connectivity index (χ0v) is 18.3. The van der Waals surface area contributed by atoms with Crippen LogP contribution in [-0.2, 0) is 14.3 Å². The first-order valence-electron chi connectivity index (χ1n) is 9.70. The molecule has 0 aromatic carbocycles. The van der Waals surface area contributed by atoms with E-state index < -0.39 is 0 Å². The number of hydrogen-bond donors (Lipinski definition) is 2. The SMILES string of the molecule is CCNC(=NCCCOC1CCOCC1)N1CCCC(CC(N)=O)C1.I. The van der Waals surface area contributed by atoms with Gasteiger partial charge in [0.15, 0.2) is 5.96 Å². The van der Waals surface area contributed by atoms with Crippen molar-refractivity contribution in [1.82, 2.24) is 10.2 Å². The van der Waals surface area contributed by atoms with E-state index in [-0.39, 0.29) is 29.9 Å². The molecule has 0 saturated carbocycles. The van der Waals surface area contributed by atoms with Crippen molar-refractivity contribution in [3.63, 3.8) is 0 Å². The van der Waals surface area contributed by atoms with Crippen LogP contribution in [0.2, 0.25) is 0 Å². The summed E-state index contributed by atoms with van der Waals surface area (Å²) < 4.78 is 11.2. The lowest BCUT2D eigenvalue weighted by molar-refractivity contribution is -0.119. The molecule has 152 valence electrons. The van der Waals surface area contributed by atoms with Crippen molar-refractivity contribution < 1.29 is 14.3 Å². The van der Waals surface area contributed by atoms with Crippen molar-refractivity contribution >= 4 is 35.8 Å². The maximum atomic E-state index is 11.2. The van der Waals surface area contributed by atoms with Crippen LogP contribution in [0.4, 0.5) is 0 Å². The summed E-state index contributed by atoms with van der Waals surface area (Å²) in [5, 5.41) is 3.37. The number of ether oxygens (including phenoxy) is 2. The number of primary amides is 1. The van der Waals surface area contributed by atoms with Gasteiger partial charge in [-0.2, -0.15) is 0 Å². The number of carbonyl (C=O) groups is 1. The van der Waals surface area contributed by atoms with Crippen LogP contribution in [0.25, 0.3) is 0 Å². The minimum Gasteiger partial charge on any atom is -0.381 e. The average Bonchev–Trinajstić information content (AvgIpc) is 2.61. The van der Waals surface area contributed by atoms with Gasteiger partial charge in [0, 0.05) is 52.4 Å². The number of piperidine rings is 1. The van der Waals surface area contributed by atoms with Crippen molar-refractivity contribution in [2.45, 2.75) is 51.6 Å². The Morgan fingerprint density at radius 3 is 2.81 bits per heavy atom. The number of carbonyl (C=O) groups excluding carboxylic acids is 1. The zero-order valence-electron chi connectivity index (χ0n) is 16.0. The van der Waals surface area contributed by atoms with Gasteiger partial charge in [0.1, 0.15) is 0 Å². The van der Waals surface area contributed by atoms with E-state index in [0.29, 0.717) is 18.4 Å². The predicted molar refractivity (Wildman–Crippen MR) is 114 cm³/mol. The minimum absolute atomic E-state index is 0. The molecule has 0 aromatic heterocycles. The quantitative estimate of drug-likeness (QED) is 0.238. The van der Waals surface area contributed by atoms with E-state index in [2.05, 4.69) is 17.1 Å². The normalized spacial score (nSPS) is 22.0. The summed E-state index contributed by atoms with van der Waals surface area (Å²) in [5.41, 5.74) is 5.35. The molecule has 2 saturated heterocycles. The third-order valence-electron chi connectivity index (χ3n) is 4.73. The molecule has 1 amide bonds. The average molecular weight is 482 g/mol. The van der Waals surface area contributed by atoms with Crippen molar-refractivity contribution in [2.75, 3.05) is 46.0 Å². The standard InChI is InChI=1S/C18H34N4O3.HI/c1-2-20-18(22-9-3-5-15(14-22)13-17(19)23)21-8-4-10-25-16-6-11-24-12-7-16;/h15-16H,2-14H2,1H3,(H2,19,23)(H,20,21);1H. The molecule has 2 aliphatic heterocycles. The van der Waals surface area contributed by atoms with E-state index in [1.165, 1.54) is 0 Å². The lowest BCUT2D eigenvalue weighted by Gasteiger charge is -2.34. The summed E-state index contributed by atoms with van der Waals surface area (Å²) in [6.07, 6.45) is 5.89. The number of nitrogens with one attached hydrogen (secondary N) is 1. The highest BCUT2D eigenvalue weighted by molar-refractivity contribution is 14.0. The van der Waals surface area contributed by atoms with Gasteiger partial charge in [-0.3, -0.25) is 9.79 Å². The highest BCUT2D eigenvalue weighted by Crippen LogP contribution is 2.19. The lowest BCUT2D eigenvalue weighted by atomic mass is 9.95. The Morgan fingerprint density at radius 2 is 2.12 bits per heavy atom. The summed E-state index contributed by atoms with van der Waals surface area (Å²) >= 11 is 0. The Bertz CT molecular complexity index is 431. The third-order valence-corrected chi connectivity index (χ3v) is 4.73. The van der Waals surface area contributed by atoms with Gasteiger partial charge in [0.25, 0.3) is 0 Å². The second-order valence-corrected chi connectivity index (χ2v) is 6.90. The van der Waals surface area contributed by atoms with Gasteiger partial charge in [-0.1, -0.05) is 0 Å². The number of rotatable bonds is 8. The third kappa shape index (κ3) is 8.85. The van der Waals surface area contributed by atoms with Gasteiger partial charge in [0.05, 0.1) is 6.10 Å². The first-order valence-corrected chi connectivity index (χ1v) is 9.70. The largest absolute Gasteiger partial charge is 0.381 e. The van der Waals surface area contributed by atoms with Crippen LogP contribution in [0.15, 0.2) is 4.99 Å². The van der Waals surface area contributed by atoms with E-state index in [4.69, 9.17) is 20.2 Å². The molecule has 2 rings (SSSR count). The monoisotopic (exact) mass is 482 g/mol. The second-order valence-electron chi connectivity index (χ2n) is 6.90. The van der Waals surface area contributed by atoms with Crippen LogP contribution in [0.5, 0.6) is 0 Å². The minimum atomic E-state index is -0.209. The maximum Gasteiger partial charge on any atom is 0.217 e. The van der Waals surface area contributed by atoms with E-state index in [0.717, 1.165) is 84.1 Å². The van der Waals surface area contributed by atoms with E-state index >= 15 is 0 Å². The molecule has 0 radical (unpaired) electrons. The molecule has 8 heteroatoms. The first-order chi connectivity index (χ1) is 12.2. The van der Waals surface area contributed by atoms with Gasteiger partial charge < -0.3 is 25.4 Å². The topological polar surface area (TPSA) is 89.2 Å². The van der Waals surface area contributed by atoms with Crippen LogP contribution >= 0.6 is 24.0 Å². The Balaban J connectivity index is 0.00000338. The molecule has 0 aromatic rings. The number of hydrogen-bond acceptors (Lipinski definition) is 4. The molecule has 0 spiro atoms. The summed E-state index contributed by atoms with van der Waals surface area (Å²) in [7, 11) is 0. The number of halogens is 1. The molecule has 0 aliphatic carbocycles. The lowest BCUT2D eigenvalue weighted by Crippen LogP contribution is -2.47. The Hall–Kier alpha value is -0.610. The van der Waals surface area contributed by atoms with Crippen molar-refractivity contribution in [2.24, 2.45) is 16.6 Å². The molecule has 7 nitrogen and oxygen atoms in total. The first kappa shape index (κ1) is 23.4. The Morgan fingerprint density at radius 1 is 1.35 bits per heavy atom. The molecular weight excluding hydrogens is 447 g/mol. The van der Waals surface area contributed by atoms with Crippen molar-refractivity contribution in [3.05, 3.63) is 0 Å². The second kappa shape index (κ2) is 13.5. The number of guanidine groups is 1. The van der Waals surface area contributed by atoms with Crippen molar-refractivity contribution in [1.29, 1.82) is 0 Å². The summed E-state index contributed by atoms with van der Waals surface area (Å²) in [5.74, 6) is 1.08. The molecule has 2 heterocycles. The number of aliphatic imine (C=N–C) groups is 1. The van der Waals surface area contributed by atoms with E-state index in [1.807, 2.05) is 0 Å². The fraction of sp³-hybridized carbons (Fsp3) is 0.889. The van der Waals surface area contributed by atoms with Crippen molar-refractivity contribution in [3.8, 4) is 0 Å². The number of likely N-dealkylation sites (tertiary alicyclic amines) is 1. The fourth-order valence-electron chi connectivity index (χ4n) is 3.48. The van der Waals surface area contributed by atoms with E-state index in [9.17, 15) is 4.79 Å². The summed E-state index contributed by atoms with van der Waals surface area (Å²) in [4.78, 5) is 18.2. The fourth-order valence-corrected chi connectivity index (χ4v) is 3.48. The molecule has 1 atom stereocenters. The molecule has 26 heavy (non-hydrogen) atoms. The molecule has 1 unspecified atom stereocenters. The number of nitrogens with two attached hydrogens (primary N) is 1. The number of amides is 1. The summed E-state index contributed by atoms with van der Waals surface area (Å²) in [6, 6.07) is 0. The predicted octanol–water partition coefficient (Wildman–Crippen LogP) is 1.74. The van der Waals surface area contributed by atoms with Gasteiger partial charge >= 0.3 is 0 Å². The zero-order chi connectivity index (χ0) is 17.9. The van der Waals surface area contributed by atoms with Gasteiger partial charge in [-0.15, -0.1) is 24.0 Å². The van der Waals surface area contributed by atoms with Crippen LogP contribution in [0.1, 0.15) is 45.4 Å². The highest BCUT2D eigenvalue weighted by atomic mass is 127. The smallest absolute Gasteiger partial charge is 0.217 e. The highest BCUT2D eigenvalue weighted by Gasteiger charge is 2.23. The van der Waals surface area contributed by atoms with E-state index in [1.54, 1.807) is 0 Å². The van der Waals surface area contributed by atoms with Gasteiger partial charge in [-0.05, 0) is 44.9 Å². The molecule has 2 fully saturated rings. The van der Waals surface area contributed by atoms with Crippen LogP contribution < -0.4 is 11.1 Å². The molecular formula is C18H35IN4O3. The Labute approximate surface area is 174 Å². The van der Waals surface area contributed by atoms with Gasteiger partial charge in [0.2, 0.25) is 5.91 Å². The molecule has 2 aliphatic rings. The van der Waals surface area contributed by atoms with Crippen LogP contribution in [0.3, 0.4) is 0 Å². The summed E-state index contributed by atoms with van der Waals surface area (Å²) in [6.45, 7) is 7.89. The van der Waals surface area contributed by atoms with Gasteiger partial charge in [-0.25, -0.2) is 0 Å². The molecule has 0 bridgehead atoms. The number of nitrogens with zero attached hydrogens (tertiary/aromatic N) is 2. The van der Waals surface area contributed by atoms with Crippen LogP contribution in [0, 0.1) is 5.92 Å². The maximum absolute atomic E-state index is 11.2. The Kier molecular flexibility index (Phi) is 12.2. The molecule has 3 N–H and O–H groups in total. The van der Waals surface area contributed by atoms with Crippen LogP contribution in [-0.4, -0.2) is 68.9 Å².